The zero-order valence-corrected chi connectivity index (χ0v) is 11.7. The molecule has 2 aromatic carbocycles. The van der Waals surface area contributed by atoms with Crippen molar-refractivity contribution < 1.29 is 19.1 Å². The third-order valence-electron chi connectivity index (χ3n) is 2.90. The first-order valence-electron chi connectivity index (χ1n) is 6.23. The summed E-state index contributed by atoms with van der Waals surface area (Å²) in [6.45, 7) is 0.233. The Labute approximate surface area is 122 Å². The van der Waals surface area contributed by atoms with Gasteiger partial charge in [-0.2, -0.15) is 0 Å². The maximum Gasteiger partial charge on any atom is 0.314 e. The Morgan fingerprint density at radius 3 is 2.19 bits per heavy atom. The number of methoxy groups -OCH3 is 2. The highest BCUT2D eigenvalue weighted by atomic mass is 16.6. The number of nitro benzene ring substituents is 1. The van der Waals surface area contributed by atoms with Crippen LogP contribution in [0.4, 0.5) is 5.69 Å². The largest absolute Gasteiger partial charge is 0.493 e. The number of nitro groups is 1. The number of nitrogens with zero attached hydrogens (tertiary/aromatic N) is 1. The van der Waals surface area contributed by atoms with Gasteiger partial charge in [0.25, 0.3) is 0 Å². The molecule has 0 unspecified atom stereocenters. The van der Waals surface area contributed by atoms with E-state index in [1.165, 1.54) is 26.4 Å². The van der Waals surface area contributed by atoms with Gasteiger partial charge in [-0.3, -0.25) is 10.1 Å². The summed E-state index contributed by atoms with van der Waals surface area (Å²) in [7, 11) is 2.89. The fourth-order valence-electron chi connectivity index (χ4n) is 1.84. The fourth-order valence-corrected chi connectivity index (χ4v) is 1.84. The van der Waals surface area contributed by atoms with Crippen LogP contribution in [0.2, 0.25) is 0 Å². The zero-order chi connectivity index (χ0) is 15.2. The summed E-state index contributed by atoms with van der Waals surface area (Å²) in [4.78, 5) is 10.6. The quantitative estimate of drug-likeness (QED) is 0.603. The maximum absolute atomic E-state index is 11.1. The molecule has 0 N–H and O–H groups in total. The molecule has 0 spiro atoms. The molecule has 6 nitrogen and oxygen atoms in total. The molecule has 6 heteroatoms. The van der Waals surface area contributed by atoms with E-state index in [1.807, 2.05) is 30.3 Å². The molecule has 2 aromatic rings. The summed E-state index contributed by atoms with van der Waals surface area (Å²) in [6.07, 6.45) is 0. The minimum atomic E-state index is -0.512. The van der Waals surface area contributed by atoms with Crippen molar-refractivity contribution in [2.45, 2.75) is 6.61 Å². The predicted octanol–water partition coefficient (Wildman–Crippen LogP) is 3.19. The third-order valence-corrected chi connectivity index (χ3v) is 2.90. The van der Waals surface area contributed by atoms with Gasteiger partial charge in [-0.05, 0) is 5.56 Å². The lowest BCUT2D eigenvalue weighted by atomic mass is 10.2. The van der Waals surface area contributed by atoms with Crippen LogP contribution in [0.15, 0.2) is 42.5 Å². The van der Waals surface area contributed by atoms with Crippen LogP contribution in [-0.4, -0.2) is 19.1 Å². The van der Waals surface area contributed by atoms with Crippen LogP contribution in [0.1, 0.15) is 5.56 Å². The molecule has 0 radical (unpaired) electrons. The molecule has 0 saturated carbocycles. The van der Waals surface area contributed by atoms with E-state index in [0.29, 0.717) is 5.75 Å². The number of hydrogen-bond acceptors (Lipinski definition) is 5. The van der Waals surface area contributed by atoms with Crippen LogP contribution in [-0.2, 0) is 6.61 Å². The van der Waals surface area contributed by atoms with Crippen LogP contribution >= 0.6 is 0 Å². The first-order chi connectivity index (χ1) is 10.2. The predicted molar refractivity (Wildman–Crippen MR) is 77.0 cm³/mol. The number of rotatable bonds is 6. The molecule has 0 fully saturated rings. The van der Waals surface area contributed by atoms with Gasteiger partial charge in [-0.25, -0.2) is 0 Å². The maximum atomic E-state index is 11.1. The lowest BCUT2D eigenvalue weighted by molar-refractivity contribution is -0.386. The Morgan fingerprint density at radius 1 is 1.00 bits per heavy atom. The van der Waals surface area contributed by atoms with E-state index in [9.17, 15) is 10.1 Å². The minimum absolute atomic E-state index is 0.140. The van der Waals surface area contributed by atoms with Crippen molar-refractivity contribution in [2.24, 2.45) is 0 Å². The van der Waals surface area contributed by atoms with E-state index in [-0.39, 0.29) is 23.8 Å². The SMILES string of the molecule is COc1cc(OCc2ccccc2)c([N+](=O)[O-])cc1OC. The third kappa shape index (κ3) is 3.42. The van der Waals surface area contributed by atoms with Crippen molar-refractivity contribution in [3.05, 3.63) is 58.1 Å². The van der Waals surface area contributed by atoms with E-state index < -0.39 is 4.92 Å². The molecule has 0 aliphatic carbocycles. The number of ether oxygens (including phenoxy) is 3. The van der Waals surface area contributed by atoms with Gasteiger partial charge in [0.1, 0.15) is 6.61 Å². The molecule has 0 aromatic heterocycles. The summed E-state index contributed by atoms with van der Waals surface area (Å²) < 4.78 is 15.7. The molecule has 0 aliphatic heterocycles. The van der Waals surface area contributed by atoms with Crippen molar-refractivity contribution >= 4 is 5.69 Å². The van der Waals surface area contributed by atoms with E-state index in [1.54, 1.807) is 0 Å². The van der Waals surface area contributed by atoms with Gasteiger partial charge < -0.3 is 14.2 Å². The topological polar surface area (TPSA) is 70.8 Å². The van der Waals surface area contributed by atoms with Gasteiger partial charge in [0.2, 0.25) is 5.75 Å². The Kier molecular flexibility index (Phi) is 4.61. The summed E-state index contributed by atoms with van der Waals surface area (Å²) in [6, 6.07) is 12.2. The normalized spacial score (nSPS) is 10.0. The number of hydrogen-bond donors (Lipinski definition) is 0. The molecular weight excluding hydrogens is 274 g/mol. The molecule has 0 aliphatic rings. The minimum Gasteiger partial charge on any atom is -0.493 e. The van der Waals surface area contributed by atoms with Gasteiger partial charge in [0, 0.05) is 6.07 Å². The van der Waals surface area contributed by atoms with Crippen molar-refractivity contribution in [2.75, 3.05) is 14.2 Å². The van der Waals surface area contributed by atoms with Gasteiger partial charge in [0.05, 0.1) is 25.2 Å². The smallest absolute Gasteiger partial charge is 0.314 e. The lowest BCUT2D eigenvalue weighted by Crippen LogP contribution is -2.01. The molecule has 0 saturated heterocycles. The average molecular weight is 289 g/mol. The lowest BCUT2D eigenvalue weighted by Gasteiger charge is -2.11. The molecule has 110 valence electrons. The van der Waals surface area contributed by atoms with Gasteiger partial charge >= 0.3 is 5.69 Å². The highest BCUT2D eigenvalue weighted by Crippen LogP contribution is 2.39. The fraction of sp³-hybridized carbons (Fsp3) is 0.200. The summed E-state index contributed by atoms with van der Waals surface area (Å²) in [5.41, 5.74) is 0.755. The van der Waals surface area contributed by atoms with Gasteiger partial charge in [0.15, 0.2) is 11.5 Å². The van der Waals surface area contributed by atoms with Crippen LogP contribution in [0.25, 0.3) is 0 Å². The van der Waals surface area contributed by atoms with Crippen molar-refractivity contribution in [3.63, 3.8) is 0 Å². The highest BCUT2D eigenvalue weighted by molar-refractivity contribution is 5.58. The van der Waals surface area contributed by atoms with Gasteiger partial charge in [-0.15, -0.1) is 0 Å². The molecule has 2 rings (SSSR count). The van der Waals surface area contributed by atoms with E-state index in [4.69, 9.17) is 14.2 Å². The second-order valence-corrected chi connectivity index (χ2v) is 4.21. The van der Waals surface area contributed by atoms with E-state index >= 15 is 0 Å². The molecule has 0 amide bonds. The first kappa shape index (κ1) is 14.6. The molecule has 0 heterocycles. The standard InChI is InChI=1S/C15H15NO5/c1-19-14-8-12(16(17)18)13(9-15(14)20-2)21-10-11-6-4-3-5-7-11/h3-9H,10H2,1-2H3. The summed E-state index contributed by atoms with van der Waals surface area (Å²) in [5, 5.41) is 11.1. The van der Waals surface area contributed by atoms with Crippen molar-refractivity contribution in [1.29, 1.82) is 0 Å². The summed E-state index contributed by atoms with van der Waals surface area (Å²) in [5.74, 6) is 0.809. The zero-order valence-electron chi connectivity index (χ0n) is 11.7. The van der Waals surface area contributed by atoms with Crippen molar-refractivity contribution in [1.82, 2.24) is 0 Å². The van der Waals surface area contributed by atoms with Crippen LogP contribution in [0, 0.1) is 10.1 Å². The van der Waals surface area contributed by atoms with Crippen LogP contribution < -0.4 is 14.2 Å². The monoisotopic (exact) mass is 289 g/mol. The second-order valence-electron chi connectivity index (χ2n) is 4.21. The Hall–Kier alpha value is -2.76. The number of benzene rings is 2. The average Bonchev–Trinajstić information content (AvgIpc) is 2.52. The molecule has 0 atom stereocenters. The second kappa shape index (κ2) is 6.60. The molecule has 21 heavy (non-hydrogen) atoms. The molecular formula is C15H15NO5. The summed E-state index contributed by atoms with van der Waals surface area (Å²) >= 11 is 0. The van der Waals surface area contributed by atoms with Crippen LogP contribution in [0.3, 0.4) is 0 Å². The highest BCUT2D eigenvalue weighted by Gasteiger charge is 2.20. The van der Waals surface area contributed by atoms with E-state index in [2.05, 4.69) is 0 Å². The molecule has 0 bridgehead atoms. The van der Waals surface area contributed by atoms with Crippen LogP contribution in [0.5, 0.6) is 17.2 Å². The van der Waals surface area contributed by atoms with Gasteiger partial charge in [-0.1, -0.05) is 30.3 Å². The van der Waals surface area contributed by atoms with Crippen molar-refractivity contribution in [3.8, 4) is 17.2 Å². The van der Waals surface area contributed by atoms with E-state index in [0.717, 1.165) is 5.56 Å². The Bertz CT molecular complexity index is 627. The Morgan fingerprint density at radius 2 is 1.62 bits per heavy atom. The first-order valence-corrected chi connectivity index (χ1v) is 6.23. The Balaban J connectivity index is 2.30.